The quantitative estimate of drug-likeness (QED) is 0.903. The van der Waals surface area contributed by atoms with Gasteiger partial charge in [-0.05, 0) is 24.4 Å². The molecule has 2 amide bonds. The number of nitrogens with zero attached hydrogens (tertiary/aromatic N) is 1. The molecule has 118 valence electrons. The van der Waals surface area contributed by atoms with Gasteiger partial charge in [0.25, 0.3) is 0 Å². The molecule has 2 N–H and O–H groups in total. The Morgan fingerprint density at radius 2 is 2.04 bits per heavy atom. The van der Waals surface area contributed by atoms with E-state index in [0.717, 1.165) is 22.1 Å². The Morgan fingerprint density at radius 3 is 2.83 bits per heavy atom. The van der Waals surface area contributed by atoms with E-state index in [-0.39, 0.29) is 12.4 Å². The van der Waals surface area contributed by atoms with Crippen molar-refractivity contribution in [2.75, 3.05) is 17.7 Å². The average Bonchev–Trinajstić information content (AvgIpc) is 2.54. The SMILES string of the molecule is CCOC(=O)NC(=O)CSC1=Nc2cccc3cccc(c23)N1. The number of nitrogens with one attached hydrogen (secondary N) is 2. The van der Waals surface area contributed by atoms with Crippen molar-refractivity contribution < 1.29 is 14.3 Å². The maximum atomic E-state index is 11.7. The van der Waals surface area contributed by atoms with Crippen LogP contribution in [0.1, 0.15) is 6.92 Å². The number of carbonyl (C=O) groups excluding carboxylic acids is 2. The summed E-state index contributed by atoms with van der Waals surface area (Å²) in [5, 5.41) is 8.16. The predicted molar refractivity (Wildman–Crippen MR) is 92.3 cm³/mol. The van der Waals surface area contributed by atoms with E-state index in [1.165, 1.54) is 11.8 Å². The van der Waals surface area contributed by atoms with Crippen molar-refractivity contribution >= 4 is 51.1 Å². The molecule has 0 atom stereocenters. The minimum absolute atomic E-state index is 0.0722. The first kappa shape index (κ1) is 15.4. The summed E-state index contributed by atoms with van der Waals surface area (Å²) < 4.78 is 4.66. The van der Waals surface area contributed by atoms with Gasteiger partial charge < -0.3 is 10.1 Å². The van der Waals surface area contributed by atoms with Crippen LogP contribution in [-0.4, -0.2) is 29.5 Å². The third-order valence-corrected chi connectivity index (χ3v) is 4.08. The monoisotopic (exact) mass is 329 g/mol. The van der Waals surface area contributed by atoms with E-state index in [0.29, 0.717) is 5.17 Å². The highest BCUT2D eigenvalue weighted by atomic mass is 32.2. The number of aliphatic imine (C=N–C) groups is 1. The number of imide groups is 1. The van der Waals surface area contributed by atoms with Crippen LogP contribution >= 0.6 is 11.8 Å². The number of alkyl carbamates (subject to hydrolysis) is 1. The Kier molecular flexibility index (Phi) is 4.47. The van der Waals surface area contributed by atoms with Gasteiger partial charge in [-0.3, -0.25) is 10.1 Å². The Bertz CT molecular complexity index is 799. The first-order valence-electron chi connectivity index (χ1n) is 7.14. The lowest BCUT2D eigenvalue weighted by Gasteiger charge is -2.18. The Balaban J connectivity index is 1.69. The van der Waals surface area contributed by atoms with Crippen molar-refractivity contribution in [1.82, 2.24) is 5.32 Å². The van der Waals surface area contributed by atoms with Gasteiger partial charge in [0.2, 0.25) is 5.91 Å². The number of rotatable bonds is 3. The third kappa shape index (κ3) is 3.45. The number of thioether (sulfide) groups is 1. The van der Waals surface area contributed by atoms with Gasteiger partial charge in [-0.2, -0.15) is 0 Å². The molecule has 0 radical (unpaired) electrons. The number of amides is 2. The molecule has 6 nitrogen and oxygen atoms in total. The molecular weight excluding hydrogens is 314 g/mol. The number of benzene rings is 2. The first-order chi connectivity index (χ1) is 11.2. The van der Waals surface area contributed by atoms with Crippen LogP contribution in [0.4, 0.5) is 16.2 Å². The third-order valence-electron chi connectivity index (χ3n) is 3.20. The molecule has 2 aromatic rings. The molecule has 0 spiro atoms. The molecule has 23 heavy (non-hydrogen) atoms. The van der Waals surface area contributed by atoms with E-state index in [1.54, 1.807) is 6.92 Å². The standard InChI is InChI=1S/C16H15N3O3S/c1-2-22-16(21)19-13(20)9-23-15-17-11-7-3-5-10-6-4-8-12(18-15)14(10)11/h3-8H,2,9H2,1H3,(H,17,18)(H,19,20,21). The lowest BCUT2D eigenvalue weighted by atomic mass is 10.1. The summed E-state index contributed by atoms with van der Waals surface area (Å²) in [6, 6.07) is 11.9. The van der Waals surface area contributed by atoms with E-state index in [2.05, 4.69) is 20.4 Å². The van der Waals surface area contributed by atoms with Gasteiger partial charge in [-0.1, -0.05) is 36.0 Å². The van der Waals surface area contributed by atoms with Crippen LogP contribution in [0.3, 0.4) is 0 Å². The molecule has 0 aromatic heterocycles. The van der Waals surface area contributed by atoms with Gasteiger partial charge in [0.05, 0.1) is 23.7 Å². The zero-order valence-corrected chi connectivity index (χ0v) is 13.3. The molecule has 0 fully saturated rings. The smallest absolute Gasteiger partial charge is 0.413 e. The minimum atomic E-state index is -0.730. The van der Waals surface area contributed by atoms with E-state index in [9.17, 15) is 9.59 Å². The van der Waals surface area contributed by atoms with Crippen molar-refractivity contribution in [2.24, 2.45) is 4.99 Å². The van der Waals surface area contributed by atoms with Gasteiger partial charge in [0.1, 0.15) is 0 Å². The molecule has 0 unspecified atom stereocenters. The Labute approximate surface area is 137 Å². The van der Waals surface area contributed by atoms with Crippen LogP contribution in [0.2, 0.25) is 0 Å². The molecule has 7 heteroatoms. The summed E-state index contributed by atoms with van der Waals surface area (Å²) in [5.74, 6) is -0.349. The van der Waals surface area contributed by atoms with Crippen LogP contribution < -0.4 is 10.6 Å². The van der Waals surface area contributed by atoms with E-state index in [1.807, 2.05) is 36.4 Å². The molecule has 0 saturated carbocycles. The number of amidine groups is 1. The number of carbonyl (C=O) groups is 2. The molecule has 1 aliphatic heterocycles. The molecule has 1 aliphatic rings. The lowest BCUT2D eigenvalue weighted by Crippen LogP contribution is -2.33. The fourth-order valence-electron chi connectivity index (χ4n) is 2.29. The van der Waals surface area contributed by atoms with Gasteiger partial charge >= 0.3 is 6.09 Å². The molecule has 0 aliphatic carbocycles. The van der Waals surface area contributed by atoms with Gasteiger partial charge in [0.15, 0.2) is 5.17 Å². The van der Waals surface area contributed by atoms with Crippen LogP contribution in [-0.2, 0) is 9.53 Å². The van der Waals surface area contributed by atoms with Gasteiger partial charge in [-0.25, -0.2) is 9.79 Å². The summed E-state index contributed by atoms with van der Waals surface area (Å²) in [6.45, 7) is 1.90. The van der Waals surface area contributed by atoms with Crippen molar-refractivity contribution in [3.63, 3.8) is 0 Å². The number of ether oxygens (including phenoxy) is 1. The first-order valence-corrected chi connectivity index (χ1v) is 8.13. The molecule has 0 bridgehead atoms. The van der Waals surface area contributed by atoms with Crippen molar-refractivity contribution in [2.45, 2.75) is 6.92 Å². The normalized spacial score (nSPS) is 12.3. The topological polar surface area (TPSA) is 79.8 Å². The number of hydrogen-bond donors (Lipinski definition) is 2. The van der Waals surface area contributed by atoms with Crippen molar-refractivity contribution in [1.29, 1.82) is 0 Å². The highest BCUT2D eigenvalue weighted by molar-refractivity contribution is 8.14. The maximum Gasteiger partial charge on any atom is 0.413 e. The fourth-order valence-corrected chi connectivity index (χ4v) is 2.98. The lowest BCUT2D eigenvalue weighted by molar-refractivity contribution is -0.117. The van der Waals surface area contributed by atoms with Crippen molar-refractivity contribution in [3.05, 3.63) is 36.4 Å². The predicted octanol–water partition coefficient (Wildman–Crippen LogP) is 3.26. The zero-order chi connectivity index (χ0) is 16.2. The Hall–Kier alpha value is -2.54. The summed E-state index contributed by atoms with van der Waals surface area (Å²) in [7, 11) is 0. The number of anilines is 1. The van der Waals surface area contributed by atoms with Crippen LogP contribution in [0.5, 0.6) is 0 Å². The second-order valence-corrected chi connectivity index (χ2v) is 5.74. The molecule has 3 rings (SSSR count). The van der Waals surface area contributed by atoms with E-state index < -0.39 is 12.0 Å². The van der Waals surface area contributed by atoms with E-state index >= 15 is 0 Å². The van der Waals surface area contributed by atoms with Crippen LogP contribution in [0.15, 0.2) is 41.4 Å². The van der Waals surface area contributed by atoms with Crippen LogP contribution in [0.25, 0.3) is 10.8 Å². The highest BCUT2D eigenvalue weighted by Gasteiger charge is 2.16. The van der Waals surface area contributed by atoms with Gasteiger partial charge in [0, 0.05) is 5.39 Å². The second-order valence-electron chi connectivity index (χ2n) is 4.78. The average molecular weight is 329 g/mol. The van der Waals surface area contributed by atoms with Gasteiger partial charge in [-0.15, -0.1) is 0 Å². The minimum Gasteiger partial charge on any atom is -0.450 e. The summed E-state index contributed by atoms with van der Waals surface area (Å²) in [5.41, 5.74) is 1.83. The zero-order valence-electron chi connectivity index (χ0n) is 12.5. The Morgan fingerprint density at radius 1 is 1.26 bits per heavy atom. The number of hydrogen-bond acceptors (Lipinski definition) is 6. The fraction of sp³-hybridized carbons (Fsp3) is 0.188. The maximum absolute atomic E-state index is 11.7. The highest BCUT2D eigenvalue weighted by Crippen LogP contribution is 2.36. The molecule has 0 saturated heterocycles. The molecular formula is C16H15N3O3S. The summed E-state index contributed by atoms with van der Waals surface area (Å²) in [4.78, 5) is 27.4. The van der Waals surface area contributed by atoms with Crippen LogP contribution in [0, 0.1) is 0 Å². The molecule has 1 heterocycles. The summed E-state index contributed by atoms with van der Waals surface area (Å²) >= 11 is 1.23. The largest absolute Gasteiger partial charge is 0.450 e. The van der Waals surface area contributed by atoms with E-state index in [4.69, 9.17) is 0 Å². The summed E-state index contributed by atoms with van der Waals surface area (Å²) in [6.07, 6.45) is -0.730. The second kappa shape index (κ2) is 6.70. The molecule has 2 aromatic carbocycles. The van der Waals surface area contributed by atoms with Crippen molar-refractivity contribution in [3.8, 4) is 0 Å².